The molecule has 0 atom stereocenters. The molecule has 1 rings (SSSR count). The third-order valence-electron chi connectivity index (χ3n) is 0.955. The van der Waals surface area contributed by atoms with Crippen LogP contribution in [0.4, 0.5) is 0 Å². The number of hydrogen-bond donors (Lipinski definition) is 2. The normalized spacial score (nSPS) is 8.56. The molecular formula is C5H9AgN3. The third-order valence-corrected chi connectivity index (χ3v) is 0.955. The topological polar surface area (TPSA) is 54.7 Å². The third kappa shape index (κ3) is 2.81. The number of nitrogens with zero attached hydrogens (tertiary/aromatic N) is 1. The molecule has 3 nitrogen and oxygen atoms in total. The van der Waals surface area contributed by atoms with Gasteiger partial charge in [0.05, 0.1) is 12.0 Å². The Morgan fingerprint density at radius 3 is 2.89 bits per heavy atom. The monoisotopic (exact) mass is 218 g/mol. The molecule has 55 valence electrons. The number of hydrogen-bond acceptors (Lipinski definition) is 2. The second-order valence-corrected chi connectivity index (χ2v) is 1.60. The molecule has 0 bridgehead atoms. The minimum absolute atomic E-state index is 0. The van der Waals surface area contributed by atoms with E-state index in [0.717, 1.165) is 12.1 Å². The summed E-state index contributed by atoms with van der Waals surface area (Å²) in [4.78, 5) is 6.82. The van der Waals surface area contributed by atoms with Gasteiger partial charge in [0.15, 0.2) is 0 Å². The molecule has 0 saturated heterocycles. The van der Waals surface area contributed by atoms with Gasteiger partial charge in [-0.2, -0.15) is 0 Å². The van der Waals surface area contributed by atoms with Crippen molar-refractivity contribution < 1.29 is 22.4 Å². The van der Waals surface area contributed by atoms with E-state index in [-0.39, 0.29) is 22.4 Å². The van der Waals surface area contributed by atoms with E-state index in [1.54, 1.807) is 6.33 Å². The van der Waals surface area contributed by atoms with Gasteiger partial charge in [0.1, 0.15) is 0 Å². The summed E-state index contributed by atoms with van der Waals surface area (Å²) in [7, 11) is 0. The zero-order valence-electron chi connectivity index (χ0n) is 4.89. The summed E-state index contributed by atoms with van der Waals surface area (Å²) in [5, 5.41) is 0. The smallest absolute Gasteiger partial charge is 0.0923 e. The molecule has 1 radical (unpaired) electrons. The summed E-state index contributed by atoms with van der Waals surface area (Å²) in [6.45, 7) is 0.671. The Morgan fingerprint density at radius 2 is 2.44 bits per heavy atom. The number of aromatic amines is 1. The fraction of sp³-hybridized carbons (Fsp3) is 0.400. The standard InChI is InChI=1S/C5H9N3.Ag/c6-2-1-5-3-7-4-8-5;/h3-4H,1-2,6H2,(H,7,8);. The first-order valence-corrected chi connectivity index (χ1v) is 2.61. The fourth-order valence-corrected chi connectivity index (χ4v) is 0.576. The molecule has 9 heavy (non-hydrogen) atoms. The second kappa shape index (κ2) is 4.76. The van der Waals surface area contributed by atoms with Gasteiger partial charge in [-0.25, -0.2) is 4.98 Å². The van der Waals surface area contributed by atoms with Crippen LogP contribution in [-0.2, 0) is 28.8 Å². The van der Waals surface area contributed by atoms with E-state index >= 15 is 0 Å². The van der Waals surface area contributed by atoms with Crippen LogP contribution in [0, 0.1) is 0 Å². The van der Waals surface area contributed by atoms with Crippen molar-refractivity contribution >= 4 is 0 Å². The SMILES string of the molecule is NCCc1c[nH]cn1.[Ag]. The summed E-state index contributed by atoms with van der Waals surface area (Å²) >= 11 is 0. The fourth-order valence-electron chi connectivity index (χ4n) is 0.576. The summed E-state index contributed by atoms with van der Waals surface area (Å²) in [6, 6.07) is 0. The van der Waals surface area contributed by atoms with Crippen LogP contribution >= 0.6 is 0 Å². The van der Waals surface area contributed by atoms with Crippen LogP contribution in [0.5, 0.6) is 0 Å². The quantitative estimate of drug-likeness (QED) is 0.683. The first kappa shape index (κ1) is 8.91. The predicted molar refractivity (Wildman–Crippen MR) is 31.3 cm³/mol. The molecule has 0 amide bonds. The van der Waals surface area contributed by atoms with Crippen molar-refractivity contribution in [3.63, 3.8) is 0 Å². The van der Waals surface area contributed by atoms with Gasteiger partial charge in [0.2, 0.25) is 0 Å². The van der Waals surface area contributed by atoms with Gasteiger partial charge >= 0.3 is 0 Å². The van der Waals surface area contributed by atoms with Gasteiger partial charge in [-0.15, -0.1) is 0 Å². The van der Waals surface area contributed by atoms with E-state index in [4.69, 9.17) is 5.73 Å². The molecule has 0 fully saturated rings. The Hall–Kier alpha value is -0.0897. The molecule has 0 aliphatic rings. The number of rotatable bonds is 2. The number of nitrogens with one attached hydrogen (secondary N) is 1. The van der Waals surface area contributed by atoms with E-state index < -0.39 is 0 Å². The van der Waals surface area contributed by atoms with E-state index in [9.17, 15) is 0 Å². The molecule has 0 aromatic carbocycles. The predicted octanol–water partition coefficient (Wildman–Crippen LogP) is -0.0916. The average molecular weight is 219 g/mol. The van der Waals surface area contributed by atoms with Crippen LogP contribution in [0.2, 0.25) is 0 Å². The van der Waals surface area contributed by atoms with Gasteiger partial charge in [-0.05, 0) is 6.54 Å². The Morgan fingerprint density at radius 1 is 1.67 bits per heavy atom. The Kier molecular flexibility index (Phi) is 4.71. The Labute approximate surface area is 69.6 Å². The number of H-pyrrole nitrogens is 1. The van der Waals surface area contributed by atoms with Gasteiger partial charge in [-0.1, -0.05) is 0 Å². The minimum atomic E-state index is 0. The molecule has 1 aromatic heterocycles. The second-order valence-electron chi connectivity index (χ2n) is 1.60. The Balaban J connectivity index is 0.000000640. The van der Waals surface area contributed by atoms with Crippen molar-refractivity contribution in [3.8, 4) is 0 Å². The van der Waals surface area contributed by atoms with Crippen LogP contribution in [0.1, 0.15) is 5.69 Å². The molecule has 4 heteroatoms. The van der Waals surface area contributed by atoms with Gasteiger partial charge < -0.3 is 10.7 Å². The minimum Gasteiger partial charge on any atom is -0.351 e. The number of imidazole rings is 1. The first-order chi connectivity index (χ1) is 3.93. The average Bonchev–Trinajstić information content (AvgIpc) is 2.19. The zero-order valence-corrected chi connectivity index (χ0v) is 6.38. The molecular weight excluding hydrogens is 210 g/mol. The first-order valence-electron chi connectivity index (χ1n) is 2.61. The maximum atomic E-state index is 5.27. The van der Waals surface area contributed by atoms with E-state index in [1.165, 1.54) is 0 Å². The van der Waals surface area contributed by atoms with Crippen molar-refractivity contribution in [1.29, 1.82) is 0 Å². The molecule has 0 aliphatic heterocycles. The van der Waals surface area contributed by atoms with E-state index in [2.05, 4.69) is 9.97 Å². The maximum absolute atomic E-state index is 5.27. The molecule has 0 spiro atoms. The van der Waals surface area contributed by atoms with Crippen LogP contribution in [-0.4, -0.2) is 16.5 Å². The summed E-state index contributed by atoms with van der Waals surface area (Å²) < 4.78 is 0. The molecule has 0 unspecified atom stereocenters. The number of aromatic nitrogens is 2. The molecule has 0 saturated carbocycles. The Bertz CT molecular complexity index is 138. The van der Waals surface area contributed by atoms with E-state index in [0.29, 0.717) is 6.54 Å². The van der Waals surface area contributed by atoms with Crippen LogP contribution in [0.25, 0.3) is 0 Å². The summed E-state index contributed by atoms with van der Waals surface area (Å²) in [6.07, 6.45) is 4.38. The van der Waals surface area contributed by atoms with Crippen molar-refractivity contribution in [2.24, 2.45) is 5.73 Å². The van der Waals surface area contributed by atoms with Crippen LogP contribution < -0.4 is 5.73 Å². The zero-order chi connectivity index (χ0) is 5.82. The van der Waals surface area contributed by atoms with Crippen LogP contribution in [0.15, 0.2) is 12.5 Å². The molecule has 0 aliphatic carbocycles. The molecule has 1 aromatic rings. The maximum Gasteiger partial charge on any atom is 0.0923 e. The van der Waals surface area contributed by atoms with Crippen molar-refractivity contribution in [3.05, 3.63) is 18.2 Å². The van der Waals surface area contributed by atoms with Gasteiger partial charge in [-0.3, -0.25) is 0 Å². The van der Waals surface area contributed by atoms with Crippen molar-refractivity contribution in [2.45, 2.75) is 6.42 Å². The van der Waals surface area contributed by atoms with Crippen LogP contribution in [0.3, 0.4) is 0 Å². The summed E-state index contributed by atoms with van der Waals surface area (Å²) in [5.74, 6) is 0. The molecule has 1 heterocycles. The molecule has 3 N–H and O–H groups in total. The number of nitrogens with two attached hydrogens (primary N) is 1. The van der Waals surface area contributed by atoms with Gasteiger partial charge in [0.25, 0.3) is 0 Å². The summed E-state index contributed by atoms with van der Waals surface area (Å²) in [5.41, 5.74) is 6.30. The van der Waals surface area contributed by atoms with Crippen molar-refractivity contribution in [2.75, 3.05) is 6.54 Å². The largest absolute Gasteiger partial charge is 0.351 e. The van der Waals surface area contributed by atoms with E-state index in [1.807, 2.05) is 6.20 Å². The van der Waals surface area contributed by atoms with Crippen molar-refractivity contribution in [1.82, 2.24) is 9.97 Å². The van der Waals surface area contributed by atoms with Gasteiger partial charge in [0, 0.05) is 35.0 Å².